The Morgan fingerprint density at radius 2 is 1.29 bits per heavy atom. The Morgan fingerprint density at radius 1 is 0.708 bits per heavy atom. The van der Waals surface area contributed by atoms with Crippen LogP contribution in [0.1, 0.15) is 0 Å². The smallest absolute Gasteiger partial charge is 0.227 e. The molecule has 0 unspecified atom stereocenters. The van der Waals surface area contributed by atoms with Gasteiger partial charge in [-0.25, -0.2) is 9.55 Å². The summed E-state index contributed by atoms with van der Waals surface area (Å²) in [6.45, 7) is 0. The predicted molar refractivity (Wildman–Crippen MR) is 94.0 cm³/mol. The number of hydrogen-bond donors (Lipinski definition) is 0. The number of aryl methyl sites for hydroxylation is 1. The van der Waals surface area contributed by atoms with Crippen molar-refractivity contribution in [1.82, 2.24) is 4.98 Å². The van der Waals surface area contributed by atoms with Gasteiger partial charge >= 0.3 is 0 Å². The first-order valence-electron chi connectivity index (χ1n) is 7.88. The first-order valence-corrected chi connectivity index (χ1v) is 7.88. The van der Waals surface area contributed by atoms with Gasteiger partial charge in [-0.3, -0.25) is 0 Å². The third-order valence-electron chi connectivity index (χ3n) is 3.94. The van der Waals surface area contributed by atoms with Crippen LogP contribution in [0.3, 0.4) is 0 Å². The van der Waals surface area contributed by atoms with Crippen LogP contribution in [-0.4, -0.2) is 4.98 Å². The van der Waals surface area contributed by atoms with E-state index in [-0.39, 0.29) is 0 Å². The Hall–Kier alpha value is -3.20. The molecule has 4 aromatic rings. The molecule has 0 radical (unpaired) electrons. The number of pyridine rings is 1. The first kappa shape index (κ1) is 14.4. The van der Waals surface area contributed by atoms with Crippen molar-refractivity contribution in [1.29, 1.82) is 0 Å². The van der Waals surface area contributed by atoms with Gasteiger partial charge in [-0.05, 0) is 0 Å². The minimum atomic E-state index is 0.633. The Morgan fingerprint density at radius 3 is 1.92 bits per heavy atom. The van der Waals surface area contributed by atoms with E-state index in [0.717, 1.165) is 28.1 Å². The molecule has 0 aliphatic rings. The van der Waals surface area contributed by atoms with Crippen LogP contribution in [0.25, 0.3) is 34.0 Å². The van der Waals surface area contributed by atoms with Crippen LogP contribution in [0.15, 0.2) is 89.6 Å². The summed E-state index contributed by atoms with van der Waals surface area (Å²) < 4.78 is 8.15. The molecule has 116 valence electrons. The van der Waals surface area contributed by atoms with E-state index in [1.54, 1.807) is 0 Å². The molecule has 4 rings (SSSR count). The highest BCUT2D eigenvalue weighted by atomic mass is 16.4. The highest BCUT2D eigenvalue weighted by Crippen LogP contribution is 2.35. The zero-order valence-corrected chi connectivity index (χ0v) is 13.4. The highest BCUT2D eigenvalue weighted by molar-refractivity contribution is 5.78. The van der Waals surface area contributed by atoms with Gasteiger partial charge < -0.3 is 4.42 Å². The maximum atomic E-state index is 6.16. The Labute approximate surface area is 140 Å². The molecule has 0 saturated heterocycles. The highest BCUT2D eigenvalue weighted by Gasteiger charge is 2.18. The molecule has 2 aromatic heterocycles. The third kappa shape index (κ3) is 2.72. The fourth-order valence-corrected chi connectivity index (χ4v) is 2.66. The van der Waals surface area contributed by atoms with Crippen LogP contribution in [0.4, 0.5) is 0 Å². The Balaban J connectivity index is 1.89. The van der Waals surface area contributed by atoms with Crippen LogP contribution in [-0.2, 0) is 7.05 Å². The monoisotopic (exact) mass is 313 g/mol. The summed E-state index contributed by atoms with van der Waals surface area (Å²) in [5.41, 5.74) is 3.90. The van der Waals surface area contributed by atoms with Crippen molar-refractivity contribution in [2.24, 2.45) is 7.05 Å². The number of benzene rings is 2. The second-order valence-electron chi connectivity index (χ2n) is 5.68. The minimum Gasteiger partial charge on any atom is -0.435 e. The lowest BCUT2D eigenvalue weighted by atomic mass is 10.1. The summed E-state index contributed by atoms with van der Waals surface area (Å²) in [5, 5.41) is 0. The van der Waals surface area contributed by atoms with Crippen molar-refractivity contribution >= 4 is 0 Å². The molecule has 0 amide bonds. The van der Waals surface area contributed by atoms with Crippen molar-refractivity contribution in [3.8, 4) is 34.0 Å². The van der Waals surface area contributed by atoms with Gasteiger partial charge in [-0.1, -0.05) is 60.7 Å². The fraction of sp³-hybridized carbons (Fsp3) is 0.0476. The summed E-state index contributed by atoms with van der Waals surface area (Å²) in [6, 6.07) is 24.3. The van der Waals surface area contributed by atoms with Gasteiger partial charge in [0, 0.05) is 28.8 Å². The van der Waals surface area contributed by atoms with Gasteiger partial charge in [0.15, 0.2) is 18.2 Å². The van der Waals surface area contributed by atoms with Crippen LogP contribution in [0.5, 0.6) is 0 Å². The van der Waals surface area contributed by atoms with Crippen LogP contribution in [0, 0.1) is 0 Å². The molecule has 0 spiro atoms. The topological polar surface area (TPSA) is 29.9 Å². The molecule has 0 bridgehead atoms. The minimum absolute atomic E-state index is 0.633. The van der Waals surface area contributed by atoms with Crippen molar-refractivity contribution < 1.29 is 8.98 Å². The maximum Gasteiger partial charge on any atom is 0.227 e. The molecular formula is C21H17N2O+. The van der Waals surface area contributed by atoms with Gasteiger partial charge in [-0.15, -0.1) is 0 Å². The SMILES string of the molecule is C[n+]1ccc(-c2nc(-c3ccccc3)c(-c3ccccc3)o2)cc1. The quantitative estimate of drug-likeness (QED) is 0.521. The normalized spacial score (nSPS) is 10.7. The average Bonchev–Trinajstić information content (AvgIpc) is 3.09. The van der Waals surface area contributed by atoms with Gasteiger partial charge in [0.2, 0.25) is 5.89 Å². The second-order valence-corrected chi connectivity index (χ2v) is 5.68. The molecule has 2 heterocycles. The van der Waals surface area contributed by atoms with Crippen molar-refractivity contribution in [3.05, 3.63) is 85.2 Å². The van der Waals surface area contributed by atoms with Gasteiger partial charge in [0.1, 0.15) is 12.7 Å². The van der Waals surface area contributed by atoms with Crippen LogP contribution >= 0.6 is 0 Å². The molecule has 24 heavy (non-hydrogen) atoms. The van der Waals surface area contributed by atoms with E-state index in [2.05, 4.69) is 12.1 Å². The van der Waals surface area contributed by atoms with E-state index in [4.69, 9.17) is 9.40 Å². The summed E-state index contributed by atoms with van der Waals surface area (Å²) in [5.74, 6) is 1.43. The predicted octanol–water partition coefficient (Wildman–Crippen LogP) is 4.50. The van der Waals surface area contributed by atoms with E-state index in [1.165, 1.54) is 0 Å². The molecule has 3 heteroatoms. The molecule has 0 N–H and O–H groups in total. The van der Waals surface area contributed by atoms with E-state index >= 15 is 0 Å². The lowest BCUT2D eigenvalue weighted by molar-refractivity contribution is -0.671. The number of hydrogen-bond acceptors (Lipinski definition) is 2. The zero-order chi connectivity index (χ0) is 16.4. The van der Waals surface area contributed by atoms with Gasteiger partial charge in [0.25, 0.3) is 0 Å². The average molecular weight is 313 g/mol. The lowest BCUT2D eigenvalue weighted by Gasteiger charge is -2.00. The van der Waals surface area contributed by atoms with Crippen molar-refractivity contribution in [2.45, 2.75) is 0 Å². The summed E-state index contributed by atoms with van der Waals surface area (Å²) in [4.78, 5) is 4.78. The summed E-state index contributed by atoms with van der Waals surface area (Å²) in [7, 11) is 1.99. The largest absolute Gasteiger partial charge is 0.435 e. The van der Waals surface area contributed by atoms with Gasteiger partial charge in [-0.2, -0.15) is 0 Å². The summed E-state index contributed by atoms with van der Waals surface area (Å²) in [6.07, 6.45) is 3.98. The van der Waals surface area contributed by atoms with E-state index in [1.807, 2.05) is 84.7 Å². The molecule has 0 aliphatic carbocycles. The molecule has 3 nitrogen and oxygen atoms in total. The number of oxazole rings is 1. The van der Waals surface area contributed by atoms with Crippen molar-refractivity contribution in [3.63, 3.8) is 0 Å². The van der Waals surface area contributed by atoms with E-state index in [9.17, 15) is 0 Å². The number of aromatic nitrogens is 2. The number of nitrogens with zero attached hydrogens (tertiary/aromatic N) is 2. The fourth-order valence-electron chi connectivity index (χ4n) is 2.66. The van der Waals surface area contributed by atoms with E-state index in [0.29, 0.717) is 5.89 Å². The Bertz CT molecular complexity index is 885. The first-order chi connectivity index (χ1) is 11.8. The molecule has 0 fully saturated rings. The van der Waals surface area contributed by atoms with Crippen LogP contribution < -0.4 is 4.57 Å². The van der Waals surface area contributed by atoms with Crippen LogP contribution in [0.2, 0.25) is 0 Å². The Kier molecular flexibility index (Phi) is 3.67. The molecule has 0 saturated carbocycles. The van der Waals surface area contributed by atoms with Crippen molar-refractivity contribution in [2.75, 3.05) is 0 Å². The standard InChI is InChI=1S/C21H17N2O/c1-23-14-12-18(13-15-23)21-22-19(16-8-4-2-5-9-16)20(24-21)17-10-6-3-7-11-17/h2-15H,1H3/q+1. The van der Waals surface area contributed by atoms with Gasteiger partial charge in [0.05, 0.1) is 0 Å². The zero-order valence-electron chi connectivity index (χ0n) is 13.4. The third-order valence-corrected chi connectivity index (χ3v) is 3.94. The van der Waals surface area contributed by atoms with E-state index < -0.39 is 0 Å². The molecule has 2 aromatic carbocycles. The summed E-state index contributed by atoms with van der Waals surface area (Å²) >= 11 is 0. The maximum absolute atomic E-state index is 6.16. The molecule has 0 aliphatic heterocycles. The second kappa shape index (κ2) is 6.13. The number of rotatable bonds is 3. The molecule has 0 atom stereocenters. The lowest BCUT2D eigenvalue weighted by Crippen LogP contribution is -2.25. The molecular weight excluding hydrogens is 296 g/mol.